The lowest BCUT2D eigenvalue weighted by Gasteiger charge is -2.15. The number of nitrogens with one attached hydrogen (secondary N) is 1. The second-order valence-corrected chi connectivity index (χ2v) is 6.59. The van der Waals surface area contributed by atoms with Crippen LogP contribution in [0.15, 0.2) is 42.6 Å². The van der Waals surface area contributed by atoms with E-state index in [0.717, 1.165) is 5.56 Å². The largest absolute Gasteiger partial charge is 0.483 e. The molecule has 1 aromatic carbocycles. The van der Waals surface area contributed by atoms with Gasteiger partial charge < -0.3 is 15.2 Å². The third-order valence-corrected chi connectivity index (χ3v) is 4.20. The molecule has 2 atom stereocenters. The number of rotatable bonds is 8. The summed E-state index contributed by atoms with van der Waals surface area (Å²) in [6.07, 6.45) is -3.16. The van der Waals surface area contributed by atoms with Gasteiger partial charge in [-0.3, -0.25) is 14.6 Å². The number of carbonyl (C=O) groups excluding carboxylic acids is 1. The van der Waals surface area contributed by atoms with E-state index in [1.807, 2.05) is 0 Å². The van der Waals surface area contributed by atoms with Crippen molar-refractivity contribution < 1.29 is 32.6 Å². The third-order valence-electron chi connectivity index (χ3n) is 4.20. The highest BCUT2D eigenvalue weighted by molar-refractivity contribution is 5.79. The molecule has 0 fully saturated rings. The molecule has 9 heteroatoms. The Hall–Kier alpha value is -3.10. The Balaban J connectivity index is 1.89. The van der Waals surface area contributed by atoms with Crippen molar-refractivity contribution in [2.75, 3.05) is 6.61 Å². The minimum Gasteiger partial charge on any atom is -0.483 e. The molecule has 0 aliphatic rings. The zero-order valence-electron chi connectivity index (χ0n) is 15.9. The predicted octanol–water partition coefficient (Wildman–Crippen LogP) is 3.63. The van der Waals surface area contributed by atoms with E-state index >= 15 is 0 Å². The Kier molecular flexibility index (Phi) is 7.19. The molecular weight excluding hydrogens is 389 g/mol. The molecule has 1 amide bonds. The SMILES string of the molecule is CC(NC(=O)Cc1ccc(C(C)C(=O)O)cc1)c1ccc(OCC(F)(F)F)cn1. The first kappa shape index (κ1) is 22.2. The van der Waals surface area contributed by atoms with Crippen LogP contribution in [-0.2, 0) is 16.0 Å². The molecule has 0 aliphatic heterocycles. The summed E-state index contributed by atoms with van der Waals surface area (Å²) in [6.45, 7) is 1.89. The second kappa shape index (κ2) is 9.40. The Labute approximate surface area is 165 Å². The summed E-state index contributed by atoms with van der Waals surface area (Å²) in [4.78, 5) is 27.2. The van der Waals surface area contributed by atoms with Gasteiger partial charge in [0.2, 0.25) is 5.91 Å². The lowest BCUT2D eigenvalue weighted by Crippen LogP contribution is -2.28. The molecule has 0 bridgehead atoms. The molecule has 1 heterocycles. The fourth-order valence-electron chi connectivity index (χ4n) is 2.52. The summed E-state index contributed by atoms with van der Waals surface area (Å²) in [5, 5.41) is 11.8. The number of halogens is 3. The van der Waals surface area contributed by atoms with Crippen LogP contribution in [-0.4, -0.2) is 34.8 Å². The van der Waals surface area contributed by atoms with Crippen molar-refractivity contribution in [1.29, 1.82) is 0 Å². The highest BCUT2D eigenvalue weighted by Gasteiger charge is 2.28. The van der Waals surface area contributed by atoms with Gasteiger partial charge in [0.15, 0.2) is 6.61 Å². The van der Waals surface area contributed by atoms with Gasteiger partial charge in [-0.15, -0.1) is 0 Å². The maximum absolute atomic E-state index is 12.2. The average molecular weight is 410 g/mol. The van der Waals surface area contributed by atoms with Crippen molar-refractivity contribution in [3.63, 3.8) is 0 Å². The molecule has 0 saturated carbocycles. The molecule has 0 radical (unpaired) electrons. The maximum atomic E-state index is 12.2. The van der Waals surface area contributed by atoms with Crippen molar-refractivity contribution in [3.05, 3.63) is 59.4 Å². The van der Waals surface area contributed by atoms with Gasteiger partial charge in [-0.25, -0.2) is 0 Å². The van der Waals surface area contributed by atoms with E-state index in [9.17, 15) is 22.8 Å². The quantitative estimate of drug-likeness (QED) is 0.694. The minimum absolute atomic E-state index is 0.0136. The lowest BCUT2D eigenvalue weighted by molar-refractivity contribution is -0.153. The Bertz CT molecular complexity index is 836. The van der Waals surface area contributed by atoms with Crippen LogP contribution in [0.25, 0.3) is 0 Å². The van der Waals surface area contributed by atoms with Gasteiger partial charge >= 0.3 is 12.1 Å². The maximum Gasteiger partial charge on any atom is 0.422 e. The topological polar surface area (TPSA) is 88.5 Å². The van der Waals surface area contributed by atoms with Crippen LogP contribution in [0.1, 0.15) is 42.6 Å². The van der Waals surface area contributed by atoms with E-state index in [1.165, 1.54) is 18.3 Å². The van der Waals surface area contributed by atoms with Crippen LogP contribution < -0.4 is 10.1 Å². The van der Waals surface area contributed by atoms with E-state index in [4.69, 9.17) is 5.11 Å². The van der Waals surface area contributed by atoms with Crippen molar-refractivity contribution in [1.82, 2.24) is 10.3 Å². The van der Waals surface area contributed by atoms with E-state index in [2.05, 4.69) is 15.0 Å². The molecule has 2 unspecified atom stereocenters. The van der Waals surface area contributed by atoms with Crippen LogP contribution in [0.3, 0.4) is 0 Å². The van der Waals surface area contributed by atoms with Crippen molar-refractivity contribution in [3.8, 4) is 5.75 Å². The van der Waals surface area contributed by atoms with Gasteiger partial charge in [0.1, 0.15) is 5.75 Å². The van der Waals surface area contributed by atoms with Gasteiger partial charge in [-0.2, -0.15) is 13.2 Å². The van der Waals surface area contributed by atoms with Crippen LogP contribution in [0, 0.1) is 0 Å². The molecular formula is C20H21F3N2O4. The molecule has 2 rings (SSSR count). The van der Waals surface area contributed by atoms with E-state index < -0.39 is 30.7 Å². The monoisotopic (exact) mass is 410 g/mol. The van der Waals surface area contributed by atoms with Crippen LogP contribution >= 0.6 is 0 Å². The van der Waals surface area contributed by atoms with Gasteiger partial charge in [-0.1, -0.05) is 24.3 Å². The summed E-state index contributed by atoms with van der Waals surface area (Å²) in [5.74, 6) is -1.84. The summed E-state index contributed by atoms with van der Waals surface area (Å²) in [5.41, 5.74) is 1.84. The van der Waals surface area contributed by atoms with Crippen molar-refractivity contribution in [2.45, 2.75) is 38.4 Å². The molecule has 29 heavy (non-hydrogen) atoms. The summed E-state index contributed by atoms with van der Waals surface area (Å²) in [6, 6.07) is 9.13. The number of carbonyl (C=O) groups is 2. The van der Waals surface area contributed by atoms with Crippen molar-refractivity contribution >= 4 is 11.9 Å². The van der Waals surface area contributed by atoms with Gasteiger partial charge in [0, 0.05) is 0 Å². The zero-order chi connectivity index (χ0) is 21.6. The number of alkyl halides is 3. The number of hydrogen-bond donors (Lipinski definition) is 2. The number of carboxylic acids is 1. The molecule has 1 aromatic heterocycles. The van der Waals surface area contributed by atoms with Crippen LogP contribution in [0.2, 0.25) is 0 Å². The molecule has 2 N–H and O–H groups in total. The predicted molar refractivity (Wildman–Crippen MR) is 98.5 cm³/mol. The third kappa shape index (κ3) is 7.10. The number of amides is 1. The summed E-state index contributed by atoms with van der Waals surface area (Å²) >= 11 is 0. The van der Waals surface area contributed by atoms with E-state index in [0.29, 0.717) is 11.3 Å². The standard InChI is InChI=1S/C20H21F3N2O4/c1-12(19(27)28)15-5-3-14(4-6-15)9-18(26)25-13(2)17-8-7-16(10-24-17)29-11-20(21,22)23/h3-8,10,12-13H,9,11H2,1-2H3,(H,25,26)(H,27,28). The van der Waals surface area contributed by atoms with Gasteiger partial charge in [0.05, 0.1) is 30.3 Å². The Morgan fingerprint density at radius 3 is 2.31 bits per heavy atom. The molecule has 2 aromatic rings. The first-order valence-corrected chi connectivity index (χ1v) is 8.81. The first-order chi connectivity index (χ1) is 13.5. The number of ether oxygens (including phenoxy) is 1. The minimum atomic E-state index is -4.43. The van der Waals surface area contributed by atoms with E-state index in [1.54, 1.807) is 38.1 Å². The van der Waals surface area contributed by atoms with Crippen LogP contribution in [0.4, 0.5) is 13.2 Å². The number of aliphatic carboxylic acids is 1. The number of nitrogens with zero attached hydrogens (tertiary/aromatic N) is 1. The number of aromatic nitrogens is 1. The van der Waals surface area contributed by atoms with Crippen molar-refractivity contribution in [2.24, 2.45) is 0 Å². The second-order valence-electron chi connectivity index (χ2n) is 6.59. The zero-order valence-corrected chi connectivity index (χ0v) is 15.9. The Morgan fingerprint density at radius 1 is 1.14 bits per heavy atom. The van der Waals surface area contributed by atoms with Gasteiger partial charge in [0.25, 0.3) is 0 Å². The molecule has 6 nitrogen and oxygen atoms in total. The fraction of sp³-hybridized carbons (Fsp3) is 0.350. The van der Waals surface area contributed by atoms with Gasteiger partial charge in [-0.05, 0) is 37.1 Å². The summed E-state index contributed by atoms with van der Waals surface area (Å²) in [7, 11) is 0. The fourth-order valence-corrected chi connectivity index (χ4v) is 2.52. The number of carboxylic acid groups (broad SMARTS) is 1. The number of benzene rings is 1. The van der Waals surface area contributed by atoms with Crippen LogP contribution in [0.5, 0.6) is 5.75 Å². The highest BCUT2D eigenvalue weighted by Crippen LogP contribution is 2.20. The molecule has 0 aliphatic carbocycles. The first-order valence-electron chi connectivity index (χ1n) is 8.81. The normalized spacial score (nSPS) is 13.4. The smallest absolute Gasteiger partial charge is 0.422 e. The number of hydrogen-bond acceptors (Lipinski definition) is 4. The molecule has 0 spiro atoms. The average Bonchev–Trinajstić information content (AvgIpc) is 2.66. The Morgan fingerprint density at radius 2 is 1.79 bits per heavy atom. The van der Waals surface area contributed by atoms with E-state index in [-0.39, 0.29) is 18.1 Å². The summed E-state index contributed by atoms with van der Waals surface area (Å²) < 4.78 is 41.0. The lowest BCUT2D eigenvalue weighted by atomic mass is 9.99. The number of pyridine rings is 1. The molecule has 0 saturated heterocycles. The molecule has 156 valence electrons. The highest BCUT2D eigenvalue weighted by atomic mass is 19.4.